The van der Waals surface area contributed by atoms with Crippen LogP contribution in [-0.4, -0.2) is 34.1 Å². The predicted octanol–water partition coefficient (Wildman–Crippen LogP) is 2.71. The van der Waals surface area contributed by atoms with Crippen LogP contribution in [0.5, 0.6) is 5.75 Å². The van der Waals surface area contributed by atoms with Crippen molar-refractivity contribution in [1.29, 1.82) is 0 Å². The van der Waals surface area contributed by atoms with E-state index >= 15 is 0 Å². The van der Waals surface area contributed by atoms with Crippen molar-refractivity contribution in [2.45, 2.75) is 39.7 Å². The fraction of sp³-hybridized carbons (Fsp3) is 0.471. The van der Waals surface area contributed by atoms with Crippen LogP contribution in [0.3, 0.4) is 0 Å². The van der Waals surface area contributed by atoms with E-state index in [1.807, 2.05) is 26.0 Å². The number of aryl methyl sites for hydroxylation is 3. The third-order valence-corrected chi connectivity index (χ3v) is 3.92. The van der Waals surface area contributed by atoms with Crippen LogP contribution in [0.1, 0.15) is 30.6 Å². The van der Waals surface area contributed by atoms with Gasteiger partial charge in [0, 0.05) is 37.3 Å². The van der Waals surface area contributed by atoms with Crippen molar-refractivity contribution in [2.75, 3.05) is 18.0 Å². The van der Waals surface area contributed by atoms with Gasteiger partial charge in [0.25, 0.3) is 0 Å². The summed E-state index contributed by atoms with van der Waals surface area (Å²) in [6, 6.07) is 5.95. The Morgan fingerprint density at radius 2 is 2.18 bits per heavy atom. The van der Waals surface area contributed by atoms with E-state index in [0.717, 1.165) is 54.7 Å². The lowest BCUT2D eigenvalue weighted by Crippen LogP contribution is -2.26. The summed E-state index contributed by atoms with van der Waals surface area (Å²) in [6.45, 7) is 7.90. The second kappa shape index (κ2) is 6.30. The summed E-state index contributed by atoms with van der Waals surface area (Å²) in [5.41, 5.74) is 1.96. The van der Waals surface area contributed by atoms with Crippen LogP contribution in [0, 0.1) is 13.8 Å². The molecule has 0 spiro atoms. The van der Waals surface area contributed by atoms with Crippen LogP contribution in [0.25, 0.3) is 0 Å². The van der Waals surface area contributed by atoms with E-state index in [0.29, 0.717) is 0 Å². The van der Waals surface area contributed by atoms with E-state index in [4.69, 9.17) is 4.74 Å². The fourth-order valence-electron chi connectivity index (χ4n) is 2.74. The van der Waals surface area contributed by atoms with Gasteiger partial charge in [0.2, 0.25) is 0 Å². The Morgan fingerprint density at radius 3 is 2.95 bits per heavy atom. The average Bonchev–Trinajstić information content (AvgIpc) is 2.97. The van der Waals surface area contributed by atoms with E-state index in [-0.39, 0.29) is 6.10 Å². The number of ether oxygens (including phenoxy) is 1. The van der Waals surface area contributed by atoms with Crippen LogP contribution < -0.4 is 9.64 Å². The highest BCUT2D eigenvalue weighted by Gasteiger charge is 2.26. The van der Waals surface area contributed by atoms with Crippen molar-refractivity contribution in [3.8, 4) is 5.75 Å². The van der Waals surface area contributed by atoms with Crippen molar-refractivity contribution in [3.63, 3.8) is 0 Å². The van der Waals surface area contributed by atoms with Gasteiger partial charge in [-0.15, -0.1) is 0 Å². The third kappa shape index (κ3) is 3.18. The van der Waals surface area contributed by atoms with Gasteiger partial charge < -0.3 is 9.64 Å². The van der Waals surface area contributed by atoms with Gasteiger partial charge in [-0.25, -0.2) is 9.97 Å². The molecular formula is C17H22N4O. The SMILES string of the molecule is CCc1nc(C)cc(N2CCC(Oc3cccnc3C)C2)n1. The topological polar surface area (TPSA) is 51.1 Å². The molecule has 2 aromatic heterocycles. The van der Waals surface area contributed by atoms with Gasteiger partial charge in [-0.1, -0.05) is 6.92 Å². The molecule has 0 aliphatic carbocycles. The second-order valence-electron chi connectivity index (χ2n) is 5.70. The second-order valence-corrected chi connectivity index (χ2v) is 5.70. The van der Waals surface area contributed by atoms with Crippen molar-refractivity contribution in [3.05, 3.63) is 41.6 Å². The van der Waals surface area contributed by atoms with Crippen molar-refractivity contribution in [1.82, 2.24) is 15.0 Å². The molecule has 1 unspecified atom stereocenters. The predicted molar refractivity (Wildman–Crippen MR) is 86.4 cm³/mol. The first kappa shape index (κ1) is 14.8. The molecule has 1 aliphatic rings. The first-order chi connectivity index (χ1) is 10.7. The van der Waals surface area contributed by atoms with E-state index in [1.165, 1.54) is 0 Å². The Bertz CT molecular complexity index is 659. The zero-order valence-electron chi connectivity index (χ0n) is 13.4. The van der Waals surface area contributed by atoms with Crippen LogP contribution in [0.2, 0.25) is 0 Å². The van der Waals surface area contributed by atoms with Crippen LogP contribution in [0.15, 0.2) is 24.4 Å². The molecule has 5 nitrogen and oxygen atoms in total. The summed E-state index contributed by atoms with van der Waals surface area (Å²) >= 11 is 0. The number of anilines is 1. The quantitative estimate of drug-likeness (QED) is 0.868. The lowest BCUT2D eigenvalue weighted by molar-refractivity contribution is 0.222. The molecule has 1 fully saturated rings. The van der Waals surface area contributed by atoms with Crippen LogP contribution >= 0.6 is 0 Å². The lowest BCUT2D eigenvalue weighted by atomic mass is 10.3. The number of aromatic nitrogens is 3. The van der Waals surface area contributed by atoms with Crippen molar-refractivity contribution in [2.24, 2.45) is 0 Å². The van der Waals surface area contributed by atoms with Gasteiger partial charge in [0.15, 0.2) is 0 Å². The zero-order chi connectivity index (χ0) is 15.5. The minimum atomic E-state index is 0.184. The minimum absolute atomic E-state index is 0.184. The average molecular weight is 298 g/mol. The molecule has 0 N–H and O–H groups in total. The summed E-state index contributed by atoms with van der Waals surface area (Å²) in [6.07, 6.45) is 3.83. The summed E-state index contributed by atoms with van der Waals surface area (Å²) in [7, 11) is 0. The van der Waals surface area contributed by atoms with Gasteiger partial charge in [-0.3, -0.25) is 4.98 Å². The van der Waals surface area contributed by atoms with Gasteiger partial charge in [-0.2, -0.15) is 0 Å². The molecule has 0 saturated carbocycles. The highest BCUT2D eigenvalue weighted by molar-refractivity contribution is 5.41. The molecule has 1 aliphatic heterocycles. The van der Waals surface area contributed by atoms with E-state index < -0.39 is 0 Å². The summed E-state index contributed by atoms with van der Waals surface area (Å²) in [5.74, 6) is 2.79. The number of nitrogens with zero attached hydrogens (tertiary/aromatic N) is 4. The summed E-state index contributed by atoms with van der Waals surface area (Å²) in [4.78, 5) is 15.6. The zero-order valence-corrected chi connectivity index (χ0v) is 13.4. The Kier molecular flexibility index (Phi) is 4.22. The molecule has 116 valence electrons. The van der Waals surface area contributed by atoms with E-state index in [1.54, 1.807) is 6.20 Å². The molecule has 2 aromatic rings. The maximum atomic E-state index is 6.10. The smallest absolute Gasteiger partial charge is 0.141 e. The van der Waals surface area contributed by atoms with Gasteiger partial charge in [-0.05, 0) is 26.0 Å². The lowest BCUT2D eigenvalue weighted by Gasteiger charge is -2.19. The fourth-order valence-corrected chi connectivity index (χ4v) is 2.74. The van der Waals surface area contributed by atoms with Crippen molar-refractivity contribution < 1.29 is 4.74 Å². The maximum Gasteiger partial charge on any atom is 0.141 e. The van der Waals surface area contributed by atoms with Crippen LogP contribution in [-0.2, 0) is 6.42 Å². The monoisotopic (exact) mass is 298 g/mol. The Morgan fingerprint density at radius 1 is 1.32 bits per heavy atom. The van der Waals surface area contributed by atoms with Gasteiger partial charge in [0.05, 0.1) is 12.2 Å². The number of hydrogen-bond acceptors (Lipinski definition) is 5. The molecule has 3 rings (SSSR count). The number of hydrogen-bond donors (Lipinski definition) is 0. The van der Waals surface area contributed by atoms with Gasteiger partial charge >= 0.3 is 0 Å². The molecule has 0 amide bonds. The normalized spacial score (nSPS) is 17.8. The number of rotatable bonds is 4. The highest BCUT2D eigenvalue weighted by Crippen LogP contribution is 2.24. The van der Waals surface area contributed by atoms with Gasteiger partial charge in [0.1, 0.15) is 23.5 Å². The molecule has 5 heteroatoms. The molecule has 0 aromatic carbocycles. The minimum Gasteiger partial charge on any atom is -0.487 e. The molecule has 1 atom stereocenters. The molecule has 0 radical (unpaired) electrons. The summed E-state index contributed by atoms with van der Waals surface area (Å²) < 4.78 is 6.10. The standard InChI is InChI=1S/C17H22N4O/c1-4-16-19-12(2)10-17(20-16)21-9-7-14(11-21)22-15-6-5-8-18-13(15)3/h5-6,8,10,14H,4,7,9,11H2,1-3H3. The largest absolute Gasteiger partial charge is 0.487 e. The Balaban J connectivity index is 1.70. The highest BCUT2D eigenvalue weighted by atomic mass is 16.5. The van der Waals surface area contributed by atoms with E-state index in [2.05, 4.69) is 32.8 Å². The Hall–Kier alpha value is -2.17. The molecule has 0 bridgehead atoms. The third-order valence-electron chi connectivity index (χ3n) is 3.92. The first-order valence-corrected chi connectivity index (χ1v) is 7.83. The van der Waals surface area contributed by atoms with Crippen LogP contribution in [0.4, 0.5) is 5.82 Å². The molecule has 22 heavy (non-hydrogen) atoms. The summed E-state index contributed by atoms with van der Waals surface area (Å²) in [5, 5.41) is 0. The molecular weight excluding hydrogens is 276 g/mol. The number of pyridine rings is 1. The maximum absolute atomic E-state index is 6.10. The molecule has 1 saturated heterocycles. The first-order valence-electron chi connectivity index (χ1n) is 7.83. The van der Waals surface area contributed by atoms with Crippen molar-refractivity contribution >= 4 is 5.82 Å². The molecule has 3 heterocycles. The van der Waals surface area contributed by atoms with E-state index in [9.17, 15) is 0 Å². The Labute approximate surface area is 131 Å².